The number of hydrogen-bond donors (Lipinski definition) is 6. The summed E-state index contributed by atoms with van der Waals surface area (Å²) in [6.45, 7) is 6.87. The van der Waals surface area contributed by atoms with Crippen LogP contribution in [0.2, 0.25) is 0 Å². The first-order valence-electron chi connectivity index (χ1n) is 11.5. The molecule has 0 aliphatic carbocycles. The molecule has 1 aromatic carbocycles. The first-order valence-corrected chi connectivity index (χ1v) is 11.5. The summed E-state index contributed by atoms with van der Waals surface area (Å²) < 4.78 is 0. The summed E-state index contributed by atoms with van der Waals surface area (Å²) in [4.78, 5) is 61.2. The molecule has 1 aromatic rings. The first-order chi connectivity index (χ1) is 16.4. The number of aliphatic carboxylic acids is 2. The van der Waals surface area contributed by atoms with Crippen LogP contribution in [0.25, 0.3) is 0 Å². The largest absolute Gasteiger partial charge is 0.481 e. The molecule has 194 valence electrons. The van der Waals surface area contributed by atoms with Crippen LogP contribution in [0.3, 0.4) is 0 Å². The Morgan fingerprint density at radius 3 is 1.91 bits per heavy atom. The van der Waals surface area contributed by atoms with Crippen LogP contribution >= 0.6 is 0 Å². The Balaban J connectivity index is 2.98. The van der Waals surface area contributed by atoms with Crippen LogP contribution in [0.15, 0.2) is 30.3 Å². The SMILES string of the molecule is CCC(C)C(N)C(=O)NC(CC(=O)O)C(=O)NC(C(=O)NC(Cc1ccccc1)C(=O)O)C(C)C. The van der Waals surface area contributed by atoms with E-state index in [1.165, 1.54) is 0 Å². The lowest BCUT2D eigenvalue weighted by atomic mass is 9.98. The predicted molar refractivity (Wildman–Crippen MR) is 128 cm³/mol. The van der Waals surface area contributed by atoms with E-state index in [1.807, 2.05) is 6.92 Å². The molecule has 35 heavy (non-hydrogen) atoms. The minimum atomic E-state index is -1.47. The van der Waals surface area contributed by atoms with Gasteiger partial charge in [0.15, 0.2) is 0 Å². The van der Waals surface area contributed by atoms with Crippen LogP contribution in [0.1, 0.15) is 46.1 Å². The Kier molecular flexibility index (Phi) is 11.9. The van der Waals surface area contributed by atoms with Crippen molar-refractivity contribution in [1.29, 1.82) is 0 Å². The van der Waals surface area contributed by atoms with Gasteiger partial charge in [-0.05, 0) is 17.4 Å². The van der Waals surface area contributed by atoms with Crippen LogP contribution in [0, 0.1) is 11.8 Å². The molecule has 0 saturated carbocycles. The van der Waals surface area contributed by atoms with Gasteiger partial charge in [0.2, 0.25) is 17.7 Å². The van der Waals surface area contributed by atoms with E-state index < -0.39 is 66.2 Å². The van der Waals surface area contributed by atoms with Crippen molar-refractivity contribution in [2.75, 3.05) is 0 Å². The molecule has 5 atom stereocenters. The molecule has 0 radical (unpaired) electrons. The third kappa shape index (κ3) is 9.73. The summed E-state index contributed by atoms with van der Waals surface area (Å²) in [5, 5.41) is 26.0. The summed E-state index contributed by atoms with van der Waals surface area (Å²) in [5.41, 5.74) is 6.58. The van der Waals surface area contributed by atoms with E-state index in [4.69, 9.17) is 5.73 Å². The molecule has 0 aromatic heterocycles. The molecule has 0 aliphatic heterocycles. The van der Waals surface area contributed by atoms with Gasteiger partial charge in [0.1, 0.15) is 18.1 Å². The summed E-state index contributed by atoms with van der Waals surface area (Å²) >= 11 is 0. The van der Waals surface area contributed by atoms with Gasteiger partial charge in [0.25, 0.3) is 0 Å². The molecule has 0 fully saturated rings. The number of nitrogens with one attached hydrogen (secondary N) is 3. The summed E-state index contributed by atoms with van der Waals surface area (Å²) in [5.74, 6) is -5.55. The third-order valence-electron chi connectivity index (χ3n) is 5.72. The highest BCUT2D eigenvalue weighted by Crippen LogP contribution is 2.09. The quantitative estimate of drug-likeness (QED) is 0.213. The molecule has 11 heteroatoms. The Morgan fingerprint density at radius 2 is 1.43 bits per heavy atom. The van der Waals surface area contributed by atoms with Crippen molar-refractivity contribution in [3.05, 3.63) is 35.9 Å². The molecule has 7 N–H and O–H groups in total. The van der Waals surface area contributed by atoms with E-state index in [0.717, 1.165) is 0 Å². The van der Waals surface area contributed by atoms with Gasteiger partial charge in [0, 0.05) is 6.42 Å². The monoisotopic (exact) mass is 492 g/mol. The lowest BCUT2D eigenvalue weighted by Gasteiger charge is -2.27. The zero-order chi connectivity index (χ0) is 26.7. The van der Waals surface area contributed by atoms with Crippen LogP contribution in [0.5, 0.6) is 0 Å². The second-order valence-electron chi connectivity index (χ2n) is 8.89. The van der Waals surface area contributed by atoms with E-state index in [9.17, 15) is 34.2 Å². The second-order valence-corrected chi connectivity index (χ2v) is 8.89. The molecule has 5 unspecified atom stereocenters. The van der Waals surface area contributed by atoms with E-state index >= 15 is 0 Å². The fourth-order valence-electron chi connectivity index (χ4n) is 3.26. The molecule has 0 spiro atoms. The number of nitrogens with two attached hydrogens (primary N) is 1. The Bertz CT molecular complexity index is 891. The lowest BCUT2D eigenvalue weighted by molar-refractivity contribution is -0.143. The minimum absolute atomic E-state index is 0.0336. The van der Waals surface area contributed by atoms with Crippen LogP contribution in [0.4, 0.5) is 0 Å². The Morgan fingerprint density at radius 1 is 0.857 bits per heavy atom. The van der Waals surface area contributed by atoms with Crippen molar-refractivity contribution in [2.45, 2.75) is 71.1 Å². The van der Waals surface area contributed by atoms with Crippen molar-refractivity contribution in [3.63, 3.8) is 0 Å². The Hall–Kier alpha value is -3.47. The minimum Gasteiger partial charge on any atom is -0.481 e. The second kappa shape index (κ2) is 14.1. The lowest BCUT2D eigenvalue weighted by Crippen LogP contribution is -2.59. The molecule has 0 heterocycles. The zero-order valence-electron chi connectivity index (χ0n) is 20.5. The van der Waals surface area contributed by atoms with Crippen molar-refractivity contribution in [1.82, 2.24) is 16.0 Å². The number of rotatable bonds is 14. The van der Waals surface area contributed by atoms with Crippen molar-refractivity contribution in [3.8, 4) is 0 Å². The van der Waals surface area contributed by atoms with Crippen LogP contribution < -0.4 is 21.7 Å². The highest BCUT2D eigenvalue weighted by atomic mass is 16.4. The van der Waals surface area contributed by atoms with Gasteiger partial charge in [-0.3, -0.25) is 19.2 Å². The van der Waals surface area contributed by atoms with E-state index in [-0.39, 0.29) is 12.3 Å². The summed E-state index contributed by atoms with van der Waals surface area (Å²) in [6, 6.07) is 3.91. The van der Waals surface area contributed by atoms with Crippen molar-refractivity contribution < 1.29 is 34.2 Å². The highest BCUT2D eigenvalue weighted by molar-refractivity contribution is 5.95. The molecule has 0 aliphatic rings. The van der Waals surface area contributed by atoms with Crippen molar-refractivity contribution in [2.24, 2.45) is 17.6 Å². The van der Waals surface area contributed by atoms with Gasteiger partial charge in [0.05, 0.1) is 12.5 Å². The van der Waals surface area contributed by atoms with E-state index in [0.29, 0.717) is 12.0 Å². The number of amides is 3. The number of carboxylic acid groups (broad SMARTS) is 2. The molecule has 1 rings (SSSR count). The predicted octanol–water partition coefficient (Wildman–Crippen LogP) is 0.272. The van der Waals surface area contributed by atoms with E-state index in [1.54, 1.807) is 51.1 Å². The van der Waals surface area contributed by atoms with Crippen molar-refractivity contribution >= 4 is 29.7 Å². The van der Waals surface area contributed by atoms with Gasteiger partial charge in [-0.15, -0.1) is 0 Å². The topological polar surface area (TPSA) is 188 Å². The number of carbonyl (C=O) groups is 5. The molecule has 3 amide bonds. The van der Waals surface area contributed by atoms with Gasteiger partial charge < -0.3 is 31.9 Å². The van der Waals surface area contributed by atoms with Gasteiger partial charge in [-0.25, -0.2) is 4.79 Å². The fraction of sp³-hybridized carbons (Fsp3) is 0.542. The average Bonchev–Trinajstić information content (AvgIpc) is 2.80. The normalized spacial score (nSPS) is 15.3. The molecule has 0 saturated heterocycles. The smallest absolute Gasteiger partial charge is 0.326 e. The first kappa shape index (κ1) is 29.6. The number of benzene rings is 1. The molecular formula is C24H36N4O7. The summed E-state index contributed by atoms with van der Waals surface area (Å²) in [7, 11) is 0. The standard InChI is InChI=1S/C24H36N4O7/c1-5-14(4)19(25)22(32)26-16(12-18(29)30)21(31)28-20(13(2)3)23(33)27-17(24(34)35)11-15-9-7-6-8-10-15/h6-10,13-14,16-17,19-20H,5,11-12,25H2,1-4H3,(H,26,32)(H,27,33)(H,28,31)(H,29,30)(H,34,35). The fourth-order valence-corrected chi connectivity index (χ4v) is 3.26. The number of hydrogen-bond acceptors (Lipinski definition) is 6. The molecule has 0 bridgehead atoms. The van der Waals surface area contributed by atoms with Crippen LogP contribution in [-0.2, 0) is 30.4 Å². The molecule has 11 nitrogen and oxygen atoms in total. The summed E-state index contributed by atoms with van der Waals surface area (Å²) in [6.07, 6.45) is -0.0808. The van der Waals surface area contributed by atoms with E-state index in [2.05, 4.69) is 16.0 Å². The number of carboxylic acids is 2. The maximum absolute atomic E-state index is 12.9. The Labute approximate surface area is 204 Å². The highest BCUT2D eigenvalue weighted by Gasteiger charge is 2.33. The zero-order valence-corrected chi connectivity index (χ0v) is 20.5. The maximum Gasteiger partial charge on any atom is 0.326 e. The third-order valence-corrected chi connectivity index (χ3v) is 5.72. The number of carbonyl (C=O) groups excluding carboxylic acids is 3. The van der Waals surface area contributed by atoms with Gasteiger partial charge >= 0.3 is 11.9 Å². The van der Waals surface area contributed by atoms with Crippen LogP contribution in [-0.4, -0.2) is 64.0 Å². The molecular weight excluding hydrogens is 456 g/mol. The average molecular weight is 493 g/mol. The van der Waals surface area contributed by atoms with Gasteiger partial charge in [-0.1, -0.05) is 64.4 Å². The maximum atomic E-state index is 12.9. The van der Waals surface area contributed by atoms with Gasteiger partial charge in [-0.2, -0.15) is 0 Å².